The summed E-state index contributed by atoms with van der Waals surface area (Å²) in [6.45, 7) is 0.725. The van der Waals surface area contributed by atoms with E-state index in [-0.39, 0.29) is 18.9 Å². The highest BCUT2D eigenvalue weighted by Crippen LogP contribution is 2.19. The molecule has 0 bridgehead atoms. The molecule has 0 aromatic heterocycles. The lowest BCUT2D eigenvalue weighted by molar-refractivity contribution is -0.149. The minimum absolute atomic E-state index is 0.169. The van der Waals surface area contributed by atoms with Gasteiger partial charge in [-0.1, -0.05) is 22.0 Å². The standard InChI is InChI=1S/C14H16BrNO4S/c15-10-2-1-3-11(8-10)20-6-4-13(17)16-5-7-21-9-12(16)14(18)19/h1-3,8,12H,4-7,9H2,(H,18,19). The van der Waals surface area contributed by atoms with Gasteiger partial charge in [-0.25, -0.2) is 4.79 Å². The molecular formula is C14H16BrNO4S. The van der Waals surface area contributed by atoms with Crippen LogP contribution < -0.4 is 4.74 Å². The fourth-order valence-electron chi connectivity index (χ4n) is 2.06. The van der Waals surface area contributed by atoms with Gasteiger partial charge < -0.3 is 14.7 Å². The number of hydrogen-bond acceptors (Lipinski definition) is 4. The molecule has 0 saturated carbocycles. The number of hydrogen-bond donors (Lipinski definition) is 1. The Morgan fingerprint density at radius 3 is 3.00 bits per heavy atom. The number of nitrogens with zero attached hydrogens (tertiary/aromatic N) is 1. The van der Waals surface area contributed by atoms with Gasteiger partial charge in [0.15, 0.2) is 0 Å². The molecular weight excluding hydrogens is 358 g/mol. The molecule has 2 rings (SSSR count). The van der Waals surface area contributed by atoms with E-state index < -0.39 is 12.0 Å². The predicted molar refractivity (Wildman–Crippen MR) is 84.7 cm³/mol. The maximum Gasteiger partial charge on any atom is 0.327 e. The van der Waals surface area contributed by atoms with Crippen LogP contribution in [0.4, 0.5) is 0 Å². The molecule has 1 atom stereocenters. The average molecular weight is 374 g/mol. The Balaban J connectivity index is 1.84. The monoisotopic (exact) mass is 373 g/mol. The van der Waals surface area contributed by atoms with Crippen LogP contribution in [0.15, 0.2) is 28.7 Å². The zero-order valence-corrected chi connectivity index (χ0v) is 13.7. The topological polar surface area (TPSA) is 66.8 Å². The van der Waals surface area contributed by atoms with E-state index in [2.05, 4.69) is 15.9 Å². The Bertz CT molecular complexity index is 525. The quantitative estimate of drug-likeness (QED) is 0.857. The molecule has 21 heavy (non-hydrogen) atoms. The molecule has 5 nitrogen and oxygen atoms in total. The van der Waals surface area contributed by atoms with Crippen molar-refractivity contribution in [2.75, 3.05) is 24.7 Å². The Kier molecular flexibility index (Phi) is 5.93. The molecule has 1 aliphatic heterocycles. The van der Waals surface area contributed by atoms with Crippen molar-refractivity contribution in [1.82, 2.24) is 4.90 Å². The van der Waals surface area contributed by atoms with Gasteiger partial charge >= 0.3 is 5.97 Å². The second kappa shape index (κ2) is 7.70. The first kappa shape index (κ1) is 16.2. The number of carbonyl (C=O) groups is 2. The molecule has 1 fully saturated rings. The summed E-state index contributed by atoms with van der Waals surface area (Å²) in [5.41, 5.74) is 0. The van der Waals surface area contributed by atoms with Crippen molar-refractivity contribution < 1.29 is 19.4 Å². The van der Waals surface area contributed by atoms with Crippen molar-refractivity contribution in [1.29, 1.82) is 0 Å². The van der Waals surface area contributed by atoms with Crippen LogP contribution in [0.1, 0.15) is 6.42 Å². The number of halogens is 1. The lowest BCUT2D eigenvalue weighted by atomic mass is 10.2. The summed E-state index contributed by atoms with van der Waals surface area (Å²) in [5.74, 6) is 0.803. The number of rotatable bonds is 5. The third-order valence-electron chi connectivity index (χ3n) is 3.11. The van der Waals surface area contributed by atoms with E-state index in [0.717, 1.165) is 10.2 Å². The third-order valence-corrected chi connectivity index (χ3v) is 4.63. The molecule has 1 heterocycles. The molecule has 1 unspecified atom stereocenters. The average Bonchev–Trinajstić information content (AvgIpc) is 2.47. The molecule has 7 heteroatoms. The number of benzene rings is 1. The van der Waals surface area contributed by atoms with Gasteiger partial charge in [0.2, 0.25) is 5.91 Å². The van der Waals surface area contributed by atoms with Gasteiger partial charge in [-0.3, -0.25) is 4.79 Å². The van der Waals surface area contributed by atoms with Crippen molar-refractivity contribution >= 4 is 39.6 Å². The number of carboxylic acid groups (broad SMARTS) is 1. The maximum absolute atomic E-state index is 12.1. The van der Waals surface area contributed by atoms with Crippen molar-refractivity contribution in [2.45, 2.75) is 12.5 Å². The number of ether oxygens (including phenoxy) is 1. The number of carboxylic acids is 1. The first-order valence-electron chi connectivity index (χ1n) is 6.56. The molecule has 0 radical (unpaired) electrons. The fourth-order valence-corrected chi connectivity index (χ4v) is 3.48. The summed E-state index contributed by atoms with van der Waals surface area (Å²) in [7, 11) is 0. The van der Waals surface area contributed by atoms with Crippen LogP contribution in [0.5, 0.6) is 5.75 Å². The van der Waals surface area contributed by atoms with Crippen LogP contribution in [0.2, 0.25) is 0 Å². The van der Waals surface area contributed by atoms with Gasteiger partial charge in [0.05, 0.1) is 13.0 Å². The largest absolute Gasteiger partial charge is 0.493 e. The second-order valence-electron chi connectivity index (χ2n) is 4.57. The van der Waals surface area contributed by atoms with Crippen LogP contribution in [-0.2, 0) is 9.59 Å². The van der Waals surface area contributed by atoms with E-state index >= 15 is 0 Å². The summed E-state index contributed by atoms with van der Waals surface area (Å²) in [4.78, 5) is 24.7. The van der Waals surface area contributed by atoms with Gasteiger partial charge in [0, 0.05) is 22.5 Å². The summed E-state index contributed by atoms with van der Waals surface area (Å²) >= 11 is 4.91. The molecule has 1 aliphatic rings. The lowest BCUT2D eigenvalue weighted by Gasteiger charge is -2.32. The van der Waals surface area contributed by atoms with Crippen molar-refractivity contribution in [3.8, 4) is 5.75 Å². The van der Waals surface area contributed by atoms with Crippen LogP contribution in [0.3, 0.4) is 0 Å². The van der Waals surface area contributed by atoms with Crippen molar-refractivity contribution in [2.24, 2.45) is 0 Å². The summed E-state index contributed by atoms with van der Waals surface area (Å²) < 4.78 is 6.42. The van der Waals surface area contributed by atoms with Gasteiger partial charge in [0.1, 0.15) is 11.8 Å². The molecule has 1 aromatic rings. The van der Waals surface area contributed by atoms with E-state index in [9.17, 15) is 9.59 Å². The van der Waals surface area contributed by atoms with E-state index in [1.165, 1.54) is 4.90 Å². The molecule has 114 valence electrons. The minimum Gasteiger partial charge on any atom is -0.493 e. The van der Waals surface area contributed by atoms with Crippen LogP contribution in [0.25, 0.3) is 0 Å². The van der Waals surface area contributed by atoms with Crippen LogP contribution in [0, 0.1) is 0 Å². The van der Waals surface area contributed by atoms with Gasteiger partial charge in [-0.15, -0.1) is 0 Å². The Labute approximate surface area is 135 Å². The lowest BCUT2D eigenvalue weighted by Crippen LogP contribution is -2.50. The Morgan fingerprint density at radius 1 is 1.48 bits per heavy atom. The summed E-state index contributed by atoms with van der Waals surface area (Å²) in [5, 5.41) is 9.15. The summed E-state index contributed by atoms with van der Waals surface area (Å²) in [6, 6.07) is 6.65. The van der Waals surface area contributed by atoms with Crippen LogP contribution >= 0.6 is 27.7 Å². The van der Waals surface area contributed by atoms with E-state index in [1.807, 2.05) is 24.3 Å². The van der Waals surface area contributed by atoms with Gasteiger partial charge in [0.25, 0.3) is 0 Å². The number of thioether (sulfide) groups is 1. The minimum atomic E-state index is -0.941. The Hall–Kier alpha value is -1.21. The van der Waals surface area contributed by atoms with Crippen LogP contribution in [-0.4, -0.2) is 52.6 Å². The van der Waals surface area contributed by atoms with Gasteiger partial charge in [-0.2, -0.15) is 11.8 Å². The SMILES string of the molecule is O=C(O)C1CSCCN1C(=O)CCOc1cccc(Br)c1. The van der Waals surface area contributed by atoms with Crippen molar-refractivity contribution in [3.63, 3.8) is 0 Å². The van der Waals surface area contributed by atoms with E-state index in [0.29, 0.717) is 18.0 Å². The maximum atomic E-state index is 12.1. The number of aliphatic carboxylic acids is 1. The van der Waals surface area contributed by atoms with E-state index in [4.69, 9.17) is 9.84 Å². The molecule has 1 N–H and O–H groups in total. The zero-order chi connectivity index (χ0) is 15.2. The molecule has 1 saturated heterocycles. The third kappa shape index (κ3) is 4.64. The molecule has 1 aromatic carbocycles. The van der Waals surface area contributed by atoms with E-state index in [1.54, 1.807) is 11.8 Å². The number of carbonyl (C=O) groups excluding carboxylic acids is 1. The van der Waals surface area contributed by atoms with Crippen molar-refractivity contribution in [3.05, 3.63) is 28.7 Å². The van der Waals surface area contributed by atoms with Gasteiger partial charge in [-0.05, 0) is 18.2 Å². The molecule has 0 aliphatic carbocycles. The first-order chi connectivity index (χ1) is 10.1. The summed E-state index contributed by atoms with van der Waals surface area (Å²) in [6.07, 6.45) is 0.182. The smallest absolute Gasteiger partial charge is 0.327 e. The molecule has 1 amide bonds. The highest BCUT2D eigenvalue weighted by atomic mass is 79.9. The highest BCUT2D eigenvalue weighted by molar-refractivity contribution is 9.10. The second-order valence-corrected chi connectivity index (χ2v) is 6.64. The highest BCUT2D eigenvalue weighted by Gasteiger charge is 2.31. The number of amides is 1. The predicted octanol–water partition coefficient (Wildman–Crippen LogP) is 2.25. The first-order valence-corrected chi connectivity index (χ1v) is 8.51. The normalized spacial score (nSPS) is 18.3. The molecule has 0 spiro atoms. The zero-order valence-electron chi connectivity index (χ0n) is 11.3. The Morgan fingerprint density at radius 2 is 2.29 bits per heavy atom. The fraction of sp³-hybridized carbons (Fsp3) is 0.429.